The normalized spacial score (nSPS) is 13.8. The van der Waals surface area contributed by atoms with E-state index in [-0.39, 0.29) is 0 Å². The molecule has 0 fully saturated rings. The molecule has 1 aliphatic carbocycles. The maximum absolute atomic E-state index is 4.90. The first-order chi connectivity index (χ1) is 22.7. The summed E-state index contributed by atoms with van der Waals surface area (Å²) < 4.78 is 4.89. The van der Waals surface area contributed by atoms with Crippen LogP contribution in [0.5, 0.6) is 0 Å². The number of para-hydroxylation sites is 2. The molecule has 0 bridgehead atoms. The molecule has 2 nitrogen and oxygen atoms in total. The molecule has 0 atom stereocenters. The maximum Gasteiger partial charge on any atom is 0.0709 e. The van der Waals surface area contributed by atoms with E-state index in [2.05, 4.69) is 180 Å². The van der Waals surface area contributed by atoms with Crippen molar-refractivity contribution in [1.82, 2.24) is 9.13 Å². The van der Waals surface area contributed by atoms with Crippen LogP contribution in [-0.2, 0) is 5.41 Å². The molecule has 0 amide bonds. The third-order valence-corrected chi connectivity index (χ3v) is 9.84. The van der Waals surface area contributed by atoms with Gasteiger partial charge < -0.3 is 9.13 Å². The van der Waals surface area contributed by atoms with E-state index in [1.807, 2.05) is 0 Å². The third kappa shape index (κ3) is 3.41. The number of benzene rings is 6. The summed E-state index contributed by atoms with van der Waals surface area (Å²) in [5.41, 5.74) is 11.2. The van der Waals surface area contributed by atoms with Crippen LogP contribution in [0.2, 0.25) is 0 Å². The molecule has 0 saturated carbocycles. The number of rotatable bonds is 6. The Labute approximate surface area is 268 Å². The van der Waals surface area contributed by atoms with Crippen LogP contribution >= 0.6 is 0 Å². The zero-order valence-electron chi connectivity index (χ0n) is 25.7. The molecule has 46 heavy (non-hydrogen) atoms. The predicted octanol–water partition coefficient (Wildman–Crippen LogP) is 11.2. The van der Waals surface area contributed by atoms with E-state index in [9.17, 15) is 0 Å². The van der Waals surface area contributed by atoms with Gasteiger partial charge in [0, 0.05) is 32.9 Å². The summed E-state index contributed by atoms with van der Waals surface area (Å²) in [7, 11) is 0. The van der Waals surface area contributed by atoms with Crippen LogP contribution in [-0.4, -0.2) is 9.13 Å². The fourth-order valence-electron chi connectivity index (χ4n) is 8.12. The smallest absolute Gasteiger partial charge is 0.0709 e. The molecule has 0 N–H and O–H groups in total. The van der Waals surface area contributed by atoms with Crippen molar-refractivity contribution in [3.63, 3.8) is 0 Å². The minimum atomic E-state index is -0.650. The Kier molecular flexibility index (Phi) is 5.82. The first-order valence-electron chi connectivity index (χ1n) is 15.9. The number of allylic oxidation sites excluding steroid dienone is 5. The van der Waals surface area contributed by atoms with Gasteiger partial charge in [0.1, 0.15) is 0 Å². The van der Waals surface area contributed by atoms with E-state index >= 15 is 0 Å². The van der Waals surface area contributed by atoms with Crippen molar-refractivity contribution >= 4 is 43.6 Å². The van der Waals surface area contributed by atoms with E-state index in [0.717, 1.165) is 16.9 Å². The van der Waals surface area contributed by atoms with Crippen LogP contribution in [0.3, 0.4) is 0 Å². The van der Waals surface area contributed by atoms with Crippen molar-refractivity contribution in [2.45, 2.75) is 12.3 Å². The molecular weight excluding hydrogens is 556 g/mol. The largest absolute Gasteiger partial charge is 0.309 e. The highest BCUT2D eigenvalue weighted by Crippen LogP contribution is 2.56. The maximum atomic E-state index is 4.90. The van der Waals surface area contributed by atoms with Crippen molar-refractivity contribution in [2.75, 3.05) is 0 Å². The summed E-state index contributed by atoms with van der Waals surface area (Å²) >= 11 is 0. The van der Waals surface area contributed by atoms with Gasteiger partial charge in [-0.1, -0.05) is 122 Å². The Hall–Kier alpha value is -5.86. The van der Waals surface area contributed by atoms with Crippen molar-refractivity contribution in [1.29, 1.82) is 0 Å². The topological polar surface area (TPSA) is 9.86 Å². The molecule has 9 rings (SSSR count). The fraction of sp³-hybridized carbons (Fsp3) is 0.0455. The van der Waals surface area contributed by atoms with Gasteiger partial charge in [0.2, 0.25) is 0 Å². The molecule has 218 valence electrons. The van der Waals surface area contributed by atoms with Crippen molar-refractivity contribution in [3.05, 3.63) is 193 Å². The lowest BCUT2D eigenvalue weighted by molar-refractivity contribution is 0.763. The van der Waals surface area contributed by atoms with Crippen molar-refractivity contribution < 1.29 is 0 Å². The molecule has 2 heterocycles. The molecule has 0 unspecified atom stereocenters. The molecule has 0 saturated heterocycles. The summed E-state index contributed by atoms with van der Waals surface area (Å²) in [6.07, 6.45) is 8.49. The Morgan fingerprint density at radius 1 is 0.500 bits per heavy atom. The third-order valence-electron chi connectivity index (χ3n) is 9.84. The van der Waals surface area contributed by atoms with Gasteiger partial charge in [-0.25, -0.2) is 0 Å². The monoisotopic (exact) mass is 588 g/mol. The van der Waals surface area contributed by atoms with Gasteiger partial charge in [-0.3, -0.25) is 0 Å². The van der Waals surface area contributed by atoms with Gasteiger partial charge in [-0.05, 0) is 77.7 Å². The van der Waals surface area contributed by atoms with Crippen LogP contribution in [0.15, 0.2) is 176 Å². The second-order valence-electron chi connectivity index (χ2n) is 12.1. The highest BCUT2D eigenvalue weighted by atomic mass is 15.0. The second-order valence-corrected chi connectivity index (χ2v) is 12.1. The lowest BCUT2D eigenvalue weighted by Gasteiger charge is -2.37. The molecule has 2 aromatic heterocycles. The zero-order chi connectivity index (χ0) is 30.8. The van der Waals surface area contributed by atoms with E-state index in [1.54, 1.807) is 0 Å². The van der Waals surface area contributed by atoms with Gasteiger partial charge in [0.15, 0.2) is 0 Å². The number of hydrogen-bond donors (Lipinski definition) is 0. The van der Waals surface area contributed by atoms with E-state index in [4.69, 9.17) is 6.58 Å². The van der Waals surface area contributed by atoms with Crippen molar-refractivity contribution in [3.8, 4) is 11.4 Å². The summed E-state index contributed by atoms with van der Waals surface area (Å²) in [4.78, 5) is 0. The van der Waals surface area contributed by atoms with Gasteiger partial charge >= 0.3 is 0 Å². The fourth-order valence-corrected chi connectivity index (χ4v) is 8.12. The SMILES string of the molecule is C=C(/C=C\C=C/C)C1(c2ccccc2)c2cccc3c2c2c4c5c1cccc5n(-c1ccccc1)c4ccc2n3-c1ccccc1. The van der Waals surface area contributed by atoms with Gasteiger partial charge in [-0.2, -0.15) is 0 Å². The van der Waals surface area contributed by atoms with E-state index < -0.39 is 5.41 Å². The molecule has 0 radical (unpaired) electrons. The quantitative estimate of drug-likeness (QED) is 0.171. The average Bonchev–Trinajstić information content (AvgIpc) is 3.59. The Balaban J connectivity index is 1.60. The van der Waals surface area contributed by atoms with Crippen LogP contribution in [0.1, 0.15) is 23.6 Å². The Bertz CT molecular complexity index is 2380. The average molecular weight is 589 g/mol. The molecule has 0 aliphatic heterocycles. The predicted molar refractivity (Wildman–Crippen MR) is 195 cm³/mol. The zero-order valence-corrected chi connectivity index (χ0v) is 25.7. The lowest BCUT2D eigenvalue weighted by Crippen LogP contribution is -2.31. The summed E-state index contributed by atoms with van der Waals surface area (Å²) in [6, 6.07) is 50.9. The van der Waals surface area contributed by atoms with Gasteiger partial charge in [0.05, 0.1) is 27.5 Å². The second kappa shape index (κ2) is 10.1. The number of aromatic nitrogens is 2. The Morgan fingerprint density at radius 3 is 1.43 bits per heavy atom. The van der Waals surface area contributed by atoms with E-state index in [1.165, 1.54) is 60.3 Å². The van der Waals surface area contributed by atoms with Crippen LogP contribution < -0.4 is 0 Å². The summed E-state index contributed by atoms with van der Waals surface area (Å²) in [6.45, 7) is 6.95. The molecule has 6 aromatic carbocycles. The van der Waals surface area contributed by atoms with Gasteiger partial charge in [-0.15, -0.1) is 0 Å². The highest BCUT2D eigenvalue weighted by Gasteiger charge is 2.44. The van der Waals surface area contributed by atoms with E-state index in [0.29, 0.717) is 0 Å². The van der Waals surface area contributed by atoms with Crippen molar-refractivity contribution in [2.24, 2.45) is 0 Å². The minimum Gasteiger partial charge on any atom is -0.309 e. The molecule has 1 aliphatic rings. The van der Waals surface area contributed by atoms with Gasteiger partial charge in [0.25, 0.3) is 0 Å². The molecular formula is C44H32N2. The molecule has 8 aromatic rings. The number of hydrogen-bond acceptors (Lipinski definition) is 0. The lowest BCUT2D eigenvalue weighted by atomic mass is 9.64. The minimum absolute atomic E-state index is 0.650. The molecule has 0 spiro atoms. The van der Waals surface area contributed by atoms with Crippen LogP contribution in [0, 0.1) is 0 Å². The Morgan fingerprint density at radius 2 is 0.957 bits per heavy atom. The standard InChI is InChI=1S/C44H32N2/c1-3-4-8-17-30(2)44(31-18-9-5-10-19-31)34-24-15-26-36-40(34)42-38(45(36)32-20-11-6-12-21-32)28-29-39-43(42)41-35(44)25-16-27-37(41)46(39)33-22-13-7-14-23-33/h3-29H,2H2,1H3/b4-3-,17-8-. The summed E-state index contributed by atoms with van der Waals surface area (Å²) in [5, 5.41) is 5.14. The number of nitrogens with zero attached hydrogens (tertiary/aromatic N) is 2. The first kappa shape index (κ1) is 26.5. The van der Waals surface area contributed by atoms with Crippen LogP contribution in [0.25, 0.3) is 55.0 Å². The van der Waals surface area contributed by atoms with Crippen LogP contribution in [0.4, 0.5) is 0 Å². The summed E-state index contributed by atoms with van der Waals surface area (Å²) in [5.74, 6) is 0. The highest BCUT2D eigenvalue weighted by molar-refractivity contribution is 6.31. The first-order valence-corrected chi connectivity index (χ1v) is 15.9. The molecule has 2 heteroatoms.